The van der Waals surface area contributed by atoms with Gasteiger partial charge in [-0.2, -0.15) is 0 Å². The van der Waals surface area contributed by atoms with Crippen LogP contribution in [0, 0.1) is 11.6 Å². The van der Waals surface area contributed by atoms with E-state index in [1.54, 1.807) is 7.11 Å². The fourth-order valence-electron chi connectivity index (χ4n) is 5.51. The molecule has 42 heavy (non-hydrogen) atoms. The largest absolute Gasteiger partial charge is 0.495 e. The third-order valence-corrected chi connectivity index (χ3v) is 7.97. The molecule has 0 spiro atoms. The van der Waals surface area contributed by atoms with Crippen molar-refractivity contribution in [2.24, 2.45) is 0 Å². The van der Waals surface area contributed by atoms with E-state index in [4.69, 9.17) is 18.9 Å². The molecule has 2 aliphatic rings. The van der Waals surface area contributed by atoms with Gasteiger partial charge in [0.1, 0.15) is 12.4 Å². The summed E-state index contributed by atoms with van der Waals surface area (Å²) < 4.78 is 50.5. The van der Waals surface area contributed by atoms with E-state index >= 15 is 0 Å². The van der Waals surface area contributed by atoms with Gasteiger partial charge in [0.25, 0.3) is 0 Å². The number of anilines is 3. The molecule has 2 aromatic carbocycles. The third kappa shape index (κ3) is 6.60. The second kappa shape index (κ2) is 13.4. The van der Waals surface area contributed by atoms with Crippen LogP contribution in [0.1, 0.15) is 18.4 Å². The Morgan fingerprint density at radius 1 is 0.833 bits per heavy atom. The monoisotopic (exact) mass is 584 g/mol. The highest BCUT2D eigenvalue weighted by Gasteiger charge is 2.27. The lowest BCUT2D eigenvalue weighted by Gasteiger charge is -2.43. The molecule has 3 aromatic rings. The van der Waals surface area contributed by atoms with Gasteiger partial charge in [0.2, 0.25) is 5.95 Å². The topological polar surface area (TPSA) is 84.4 Å². The van der Waals surface area contributed by atoms with E-state index in [-0.39, 0.29) is 22.8 Å². The van der Waals surface area contributed by atoms with Gasteiger partial charge in [-0.25, -0.2) is 18.7 Å². The van der Waals surface area contributed by atoms with Gasteiger partial charge in [-0.1, -0.05) is 0 Å². The average molecular weight is 585 g/mol. The molecule has 1 aromatic heterocycles. The van der Waals surface area contributed by atoms with Crippen molar-refractivity contribution >= 4 is 17.3 Å². The van der Waals surface area contributed by atoms with Crippen LogP contribution in [0.5, 0.6) is 23.0 Å². The molecule has 0 saturated carbocycles. The van der Waals surface area contributed by atoms with Crippen molar-refractivity contribution in [1.82, 2.24) is 19.8 Å². The Labute approximate surface area is 245 Å². The highest BCUT2D eigenvalue weighted by molar-refractivity contribution is 5.67. The number of piperazine rings is 1. The summed E-state index contributed by atoms with van der Waals surface area (Å²) in [5, 5.41) is 3.17. The molecule has 0 amide bonds. The molecular formula is C30H38F2N6O4. The van der Waals surface area contributed by atoms with Gasteiger partial charge in [-0.05, 0) is 45.1 Å². The summed E-state index contributed by atoms with van der Waals surface area (Å²) in [5.41, 5.74) is 1.51. The molecule has 0 bridgehead atoms. The van der Waals surface area contributed by atoms with E-state index in [2.05, 4.69) is 43.1 Å². The Kier molecular flexibility index (Phi) is 9.43. The van der Waals surface area contributed by atoms with Crippen LogP contribution in [0.25, 0.3) is 0 Å². The highest BCUT2D eigenvalue weighted by Crippen LogP contribution is 2.34. The fourth-order valence-corrected chi connectivity index (χ4v) is 5.51. The molecule has 0 unspecified atom stereocenters. The number of hydrogen-bond donors (Lipinski definition) is 1. The van der Waals surface area contributed by atoms with Crippen LogP contribution < -0.4 is 29.2 Å². The summed E-state index contributed by atoms with van der Waals surface area (Å²) in [6.45, 7) is 5.95. The molecule has 3 heterocycles. The first kappa shape index (κ1) is 29.6. The number of piperidine rings is 1. The van der Waals surface area contributed by atoms with Crippen molar-refractivity contribution in [1.29, 1.82) is 0 Å². The second-order valence-electron chi connectivity index (χ2n) is 10.5. The standard InChI is InChI=1S/C30H38F2N6O4/c1-36-9-7-21(8-10-36)37-11-13-38(14-12-37)24-6-5-20(15-25(24)39-2)35-30-33-17-22(18-34-30)42-19-23-28(31)26(40-3)16-27(41-4)29(23)32/h5-6,15-18,21H,7-14,19H2,1-4H3,(H,33,34,35). The normalized spacial score (nSPS) is 16.8. The molecule has 226 valence electrons. The van der Waals surface area contributed by atoms with E-state index < -0.39 is 18.2 Å². The smallest absolute Gasteiger partial charge is 0.227 e. The average Bonchev–Trinajstić information content (AvgIpc) is 3.02. The zero-order valence-corrected chi connectivity index (χ0v) is 24.5. The number of halogens is 2. The van der Waals surface area contributed by atoms with Gasteiger partial charge in [-0.15, -0.1) is 0 Å². The van der Waals surface area contributed by atoms with Crippen LogP contribution in [0.2, 0.25) is 0 Å². The predicted molar refractivity (Wildman–Crippen MR) is 156 cm³/mol. The zero-order chi connectivity index (χ0) is 29.6. The van der Waals surface area contributed by atoms with Crippen LogP contribution in [0.4, 0.5) is 26.1 Å². The molecule has 12 heteroatoms. The summed E-state index contributed by atoms with van der Waals surface area (Å²) >= 11 is 0. The summed E-state index contributed by atoms with van der Waals surface area (Å²) in [5.74, 6) is -0.640. The Hall–Kier alpha value is -3.90. The summed E-state index contributed by atoms with van der Waals surface area (Å²) in [4.78, 5) is 16.0. The molecule has 5 rings (SSSR count). The maximum atomic E-state index is 14.6. The molecule has 2 fully saturated rings. The van der Waals surface area contributed by atoms with E-state index in [1.165, 1.54) is 52.5 Å². The molecular weight excluding hydrogens is 546 g/mol. The van der Waals surface area contributed by atoms with Gasteiger partial charge in [0.15, 0.2) is 28.9 Å². The summed E-state index contributed by atoms with van der Waals surface area (Å²) in [7, 11) is 6.45. The minimum absolute atomic E-state index is 0.140. The number of likely N-dealkylation sites (tertiary alicyclic amines) is 1. The van der Waals surface area contributed by atoms with Crippen molar-refractivity contribution in [2.75, 3.05) is 77.9 Å². The SMILES string of the molecule is COc1cc(Nc2ncc(OCc3c(F)c(OC)cc(OC)c3F)cn2)ccc1N1CCN(C2CCN(C)CC2)CC1. The first-order valence-corrected chi connectivity index (χ1v) is 14.1. The van der Waals surface area contributed by atoms with Crippen molar-refractivity contribution < 1.29 is 27.7 Å². The van der Waals surface area contributed by atoms with E-state index in [9.17, 15) is 8.78 Å². The lowest BCUT2D eigenvalue weighted by atomic mass is 10.0. The Bertz CT molecular complexity index is 1320. The van der Waals surface area contributed by atoms with Crippen LogP contribution in [0.3, 0.4) is 0 Å². The van der Waals surface area contributed by atoms with Gasteiger partial charge in [0, 0.05) is 50.0 Å². The molecule has 0 atom stereocenters. The summed E-state index contributed by atoms with van der Waals surface area (Å²) in [6.07, 6.45) is 5.34. The molecule has 2 saturated heterocycles. The number of ether oxygens (including phenoxy) is 4. The summed E-state index contributed by atoms with van der Waals surface area (Å²) in [6, 6.07) is 7.78. The number of aromatic nitrogens is 2. The number of nitrogens with zero attached hydrogens (tertiary/aromatic N) is 5. The van der Waals surface area contributed by atoms with Crippen LogP contribution in [-0.4, -0.2) is 93.5 Å². The minimum Gasteiger partial charge on any atom is -0.495 e. The lowest BCUT2D eigenvalue weighted by molar-refractivity contribution is 0.115. The van der Waals surface area contributed by atoms with Gasteiger partial charge in [0.05, 0.1) is 45.0 Å². The fraction of sp³-hybridized carbons (Fsp3) is 0.467. The third-order valence-electron chi connectivity index (χ3n) is 7.97. The Morgan fingerprint density at radius 2 is 1.45 bits per heavy atom. The molecule has 10 nitrogen and oxygen atoms in total. The first-order valence-electron chi connectivity index (χ1n) is 14.1. The minimum atomic E-state index is -0.855. The maximum Gasteiger partial charge on any atom is 0.227 e. The molecule has 1 N–H and O–H groups in total. The van der Waals surface area contributed by atoms with Crippen molar-refractivity contribution in [3.8, 4) is 23.0 Å². The first-order chi connectivity index (χ1) is 20.4. The number of methoxy groups -OCH3 is 3. The van der Waals surface area contributed by atoms with E-state index in [0.29, 0.717) is 12.0 Å². The second-order valence-corrected chi connectivity index (χ2v) is 10.5. The zero-order valence-electron chi connectivity index (χ0n) is 24.5. The number of rotatable bonds is 10. The van der Waals surface area contributed by atoms with Crippen LogP contribution in [0.15, 0.2) is 36.7 Å². The lowest BCUT2D eigenvalue weighted by Crippen LogP contribution is -2.53. The van der Waals surface area contributed by atoms with Crippen molar-refractivity contribution in [2.45, 2.75) is 25.5 Å². The van der Waals surface area contributed by atoms with Gasteiger partial charge >= 0.3 is 0 Å². The highest BCUT2D eigenvalue weighted by atomic mass is 19.1. The Morgan fingerprint density at radius 3 is 2.05 bits per heavy atom. The molecule has 2 aliphatic heterocycles. The quantitative estimate of drug-likeness (QED) is 0.372. The maximum absolute atomic E-state index is 14.6. The molecule has 0 aliphatic carbocycles. The number of benzene rings is 2. The number of hydrogen-bond acceptors (Lipinski definition) is 10. The van der Waals surface area contributed by atoms with Gasteiger partial charge in [-0.3, -0.25) is 4.90 Å². The molecule has 0 radical (unpaired) electrons. The van der Waals surface area contributed by atoms with E-state index in [0.717, 1.165) is 49.4 Å². The Balaban J connectivity index is 1.18. The van der Waals surface area contributed by atoms with Crippen LogP contribution >= 0.6 is 0 Å². The van der Waals surface area contributed by atoms with Crippen molar-refractivity contribution in [3.63, 3.8) is 0 Å². The van der Waals surface area contributed by atoms with Crippen molar-refractivity contribution in [3.05, 3.63) is 53.9 Å². The predicted octanol–water partition coefficient (Wildman–Crippen LogP) is 4.32. The number of nitrogens with one attached hydrogen (secondary N) is 1. The van der Waals surface area contributed by atoms with Gasteiger partial charge < -0.3 is 34.1 Å². The van der Waals surface area contributed by atoms with E-state index in [1.807, 2.05) is 12.1 Å². The van der Waals surface area contributed by atoms with Crippen LogP contribution in [-0.2, 0) is 6.61 Å².